The first kappa shape index (κ1) is 9.07. The Hall–Kier alpha value is -1.02. The van der Waals surface area contributed by atoms with Crippen LogP contribution in [0.2, 0.25) is 0 Å². The largest absolute Gasteiger partial charge is 0.481 e. The second-order valence-electron chi connectivity index (χ2n) is 2.46. The van der Waals surface area contributed by atoms with Crippen LogP contribution >= 0.6 is 11.6 Å². The van der Waals surface area contributed by atoms with Crippen molar-refractivity contribution < 1.29 is 9.90 Å². The molecule has 0 aliphatic heterocycles. The van der Waals surface area contributed by atoms with Crippen LogP contribution in [0.1, 0.15) is 11.5 Å². The predicted molar refractivity (Wildman–Crippen MR) is 47.5 cm³/mol. The Morgan fingerprint density at radius 3 is 2.42 bits per heavy atom. The van der Waals surface area contributed by atoms with Crippen LogP contribution in [0.5, 0.6) is 0 Å². The van der Waals surface area contributed by atoms with Crippen LogP contribution in [0.15, 0.2) is 30.3 Å². The number of rotatable bonds is 3. The molecule has 1 N–H and O–H groups in total. The van der Waals surface area contributed by atoms with Crippen molar-refractivity contribution in [3.05, 3.63) is 35.9 Å². The zero-order valence-corrected chi connectivity index (χ0v) is 7.16. The lowest BCUT2D eigenvalue weighted by Gasteiger charge is -2.07. The Bertz CT molecular complexity index is 258. The van der Waals surface area contributed by atoms with Crippen LogP contribution in [0.25, 0.3) is 0 Å². The number of benzene rings is 1. The molecule has 1 rings (SSSR count). The average molecular weight is 185 g/mol. The van der Waals surface area contributed by atoms with E-state index in [2.05, 4.69) is 0 Å². The summed E-state index contributed by atoms with van der Waals surface area (Å²) in [7, 11) is 0. The monoisotopic (exact) mass is 184 g/mol. The molecule has 0 aliphatic carbocycles. The molecule has 0 saturated heterocycles. The molecule has 0 aliphatic rings. The second kappa shape index (κ2) is 4.12. The summed E-state index contributed by atoms with van der Waals surface area (Å²) in [6.07, 6.45) is 0. The molecule has 1 aromatic carbocycles. The first-order valence-electron chi connectivity index (χ1n) is 3.59. The third-order valence-electron chi connectivity index (χ3n) is 1.65. The van der Waals surface area contributed by atoms with Gasteiger partial charge in [-0.05, 0) is 5.56 Å². The fourth-order valence-corrected chi connectivity index (χ4v) is 1.29. The quantitative estimate of drug-likeness (QED) is 0.731. The zero-order chi connectivity index (χ0) is 8.97. The highest BCUT2D eigenvalue weighted by molar-refractivity contribution is 6.19. The van der Waals surface area contributed by atoms with E-state index in [0.29, 0.717) is 0 Å². The molecule has 0 saturated carbocycles. The van der Waals surface area contributed by atoms with E-state index in [1.165, 1.54) is 0 Å². The molecule has 0 fully saturated rings. The molecule has 12 heavy (non-hydrogen) atoms. The van der Waals surface area contributed by atoms with Crippen molar-refractivity contribution in [1.82, 2.24) is 0 Å². The van der Waals surface area contributed by atoms with Crippen LogP contribution in [-0.4, -0.2) is 17.0 Å². The number of alkyl halides is 1. The number of hydrogen-bond donors (Lipinski definition) is 1. The first-order valence-corrected chi connectivity index (χ1v) is 4.13. The Morgan fingerprint density at radius 1 is 1.42 bits per heavy atom. The lowest BCUT2D eigenvalue weighted by atomic mass is 10.0. The minimum Gasteiger partial charge on any atom is -0.481 e. The average Bonchev–Trinajstić information content (AvgIpc) is 2.07. The summed E-state index contributed by atoms with van der Waals surface area (Å²) >= 11 is 5.52. The highest BCUT2D eigenvalue weighted by Gasteiger charge is 2.17. The Balaban J connectivity index is 2.88. The van der Waals surface area contributed by atoms with Gasteiger partial charge in [-0.1, -0.05) is 30.3 Å². The molecule has 0 bridgehead atoms. The second-order valence-corrected chi connectivity index (χ2v) is 2.76. The molecule has 0 aromatic heterocycles. The van der Waals surface area contributed by atoms with Crippen LogP contribution in [0.4, 0.5) is 0 Å². The summed E-state index contributed by atoms with van der Waals surface area (Å²) < 4.78 is 0. The SMILES string of the molecule is O=C(O)C(CCl)c1ccccc1. The van der Waals surface area contributed by atoms with Gasteiger partial charge in [-0.25, -0.2) is 0 Å². The van der Waals surface area contributed by atoms with Gasteiger partial charge < -0.3 is 5.11 Å². The summed E-state index contributed by atoms with van der Waals surface area (Å²) in [4.78, 5) is 10.6. The molecule has 2 nitrogen and oxygen atoms in total. The lowest BCUT2D eigenvalue weighted by Crippen LogP contribution is -2.12. The van der Waals surface area contributed by atoms with Crippen molar-refractivity contribution in [3.8, 4) is 0 Å². The van der Waals surface area contributed by atoms with Crippen LogP contribution in [0.3, 0.4) is 0 Å². The summed E-state index contributed by atoms with van der Waals surface area (Å²) in [5.74, 6) is -1.36. The van der Waals surface area contributed by atoms with Gasteiger partial charge in [0.2, 0.25) is 0 Å². The van der Waals surface area contributed by atoms with Crippen molar-refractivity contribution in [2.75, 3.05) is 5.88 Å². The van der Waals surface area contributed by atoms with Crippen molar-refractivity contribution in [2.24, 2.45) is 0 Å². The van der Waals surface area contributed by atoms with Crippen LogP contribution < -0.4 is 0 Å². The number of carboxylic acid groups (broad SMARTS) is 1. The van der Waals surface area contributed by atoms with Crippen molar-refractivity contribution in [2.45, 2.75) is 5.92 Å². The van der Waals surface area contributed by atoms with Crippen molar-refractivity contribution in [3.63, 3.8) is 0 Å². The molecule has 1 aromatic rings. The van der Waals surface area contributed by atoms with Gasteiger partial charge in [0.25, 0.3) is 0 Å². The number of aliphatic carboxylic acids is 1. The highest BCUT2D eigenvalue weighted by atomic mass is 35.5. The normalized spacial score (nSPS) is 12.4. The summed E-state index contributed by atoms with van der Waals surface area (Å²) in [5.41, 5.74) is 0.750. The van der Waals surface area contributed by atoms with Gasteiger partial charge in [0, 0.05) is 5.88 Å². The van der Waals surface area contributed by atoms with Crippen molar-refractivity contribution >= 4 is 17.6 Å². The Morgan fingerprint density at radius 2 is 2.00 bits per heavy atom. The lowest BCUT2D eigenvalue weighted by molar-refractivity contribution is -0.138. The smallest absolute Gasteiger partial charge is 0.312 e. The minimum absolute atomic E-state index is 0.110. The van der Waals surface area contributed by atoms with E-state index in [0.717, 1.165) is 5.56 Å². The fraction of sp³-hybridized carbons (Fsp3) is 0.222. The van der Waals surface area contributed by atoms with E-state index in [9.17, 15) is 4.79 Å². The molecule has 1 unspecified atom stereocenters. The number of carboxylic acids is 1. The van der Waals surface area contributed by atoms with E-state index >= 15 is 0 Å². The molecule has 64 valence electrons. The van der Waals surface area contributed by atoms with Gasteiger partial charge in [0.1, 0.15) is 0 Å². The van der Waals surface area contributed by atoms with Gasteiger partial charge in [-0.3, -0.25) is 4.79 Å². The maximum atomic E-state index is 10.6. The molecule has 1 atom stereocenters. The van der Waals surface area contributed by atoms with Gasteiger partial charge in [0.05, 0.1) is 5.92 Å². The Kier molecular flexibility index (Phi) is 3.11. The molecule has 0 spiro atoms. The van der Waals surface area contributed by atoms with E-state index in [-0.39, 0.29) is 5.88 Å². The van der Waals surface area contributed by atoms with Crippen LogP contribution in [-0.2, 0) is 4.79 Å². The minimum atomic E-state index is -0.879. The summed E-state index contributed by atoms with van der Waals surface area (Å²) in [6, 6.07) is 8.98. The van der Waals surface area contributed by atoms with Gasteiger partial charge in [-0.15, -0.1) is 11.6 Å². The highest BCUT2D eigenvalue weighted by Crippen LogP contribution is 2.16. The third kappa shape index (κ3) is 1.98. The van der Waals surface area contributed by atoms with Crippen molar-refractivity contribution in [1.29, 1.82) is 0 Å². The maximum Gasteiger partial charge on any atom is 0.312 e. The van der Waals surface area contributed by atoms with Gasteiger partial charge in [-0.2, -0.15) is 0 Å². The number of carbonyl (C=O) groups is 1. The van der Waals surface area contributed by atoms with Gasteiger partial charge >= 0.3 is 5.97 Å². The molecule has 0 amide bonds. The van der Waals surface area contributed by atoms with E-state index in [4.69, 9.17) is 16.7 Å². The zero-order valence-electron chi connectivity index (χ0n) is 6.40. The molecular weight excluding hydrogens is 176 g/mol. The summed E-state index contributed by atoms with van der Waals surface area (Å²) in [5, 5.41) is 8.74. The molecule has 3 heteroatoms. The molecule has 0 radical (unpaired) electrons. The maximum absolute atomic E-state index is 10.6. The first-order chi connectivity index (χ1) is 5.75. The number of halogens is 1. The standard InChI is InChI=1S/C9H9ClO2/c10-6-8(9(11)12)7-4-2-1-3-5-7/h1-5,8H,6H2,(H,11,12). The summed E-state index contributed by atoms with van der Waals surface area (Å²) in [6.45, 7) is 0. The van der Waals surface area contributed by atoms with E-state index < -0.39 is 11.9 Å². The van der Waals surface area contributed by atoms with E-state index in [1.807, 2.05) is 6.07 Å². The van der Waals surface area contributed by atoms with E-state index in [1.54, 1.807) is 24.3 Å². The van der Waals surface area contributed by atoms with Gasteiger partial charge in [0.15, 0.2) is 0 Å². The third-order valence-corrected chi connectivity index (χ3v) is 1.96. The fourth-order valence-electron chi connectivity index (χ4n) is 0.983. The topological polar surface area (TPSA) is 37.3 Å². The predicted octanol–water partition coefficient (Wildman–Crippen LogP) is 2.09. The molecule has 0 heterocycles. The Labute approximate surface area is 75.8 Å². The molecular formula is C9H9ClO2. The van der Waals surface area contributed by atoms with Crippen LogP contribution in [0, 0.1) is 0 Å². The number of hydrogen-bond acceptors (Lipinski definition) is 1.